The van der Waals surface area contributed by atoms with Gasteiger partial charge in [0.25, 0.3) is 0 Å². The van der Waals surface area contributed by atoms with Gasteiger partial charge in [-0.3, -0.25) is 4.79 Å². The highest BCUT2D eigenvalue weighted by Gasteiger charge is 2.32. The van der Waals surface area contributed by atoms with E-state index in [2.05, 4.69) is 5.32 Å². The number of nitrogens with zero attached hydrogens (tertiary/aromatic N) is 2. The molecule has 162 valence electrons. The molecule has 0 unspecified atom stereocenters. The van der Waals surface area contributed by atoms with Gasteiger partial charge in [0.05, 0.1) is 31.8 Å². The Kier molecular flexibility index (Phi) is 7.33. The zero-order valence-corrected chi connectivity index (χ0v) is 17.7. The number of sulfonamides is 1. The molecular formula is C19H29N3O6S. The lowest BCUT2D eigenvalue weighted by Crippen LogP contribution is -2.51. The van der Waals surface area contributed by atoms with Gasteiger partial charge in [-0.2, -0.15) is 4.31 Å². The number of amides is 1. The number of hydrogen-bond donors (Lipinski definition) is 1. The van der Waals surface area contributed by atoms with Gasteiger partial charge in [-0.1, -0.05) is 0 Å². The van der Waals surface area contributed by atoms with Crippen LogP contribution in [0.3, 0.4) is 0 Å². The van der Waals surface area contributed by atoms with Crippen LogP contribution in [-0.4, -0.2) is 89.7 Å². The molecule has 10 heteroatoms. The highest BCUT2D eigenvalue weighted by Crippen LogP contribution is 2.31. The number of ether oxygens (including phenoxy) is 3. The predicted octanol–water partition coefficient (Wildman–Crippen LogP) is 0.305. The van der Waals surface area contributed by atoms with Crippen molar-refractivity contribution in [2.24, 2.45) is 0 Å². The summed E-state index contributed by atoms with van der Waals surface area (Å²) in [4.78, 5) is 14.5. The van der Waals surface area contributed by atoms with Crippen LogP contribution in [0, 0.1) is 0 Å². The Morgan fingerprint density at radius 3 is 2.59 bits per heavy atom. The van der Waals surface area contributed by atoms with Crippen LogP contribution in [0.2, 0.25) is 0 Å². The first-order valence-corrected chi connectivity index (χ1v) is 11.2. The molecule has 1 atom stereocenters. The monoisotopic (exact) mass is 427 g/mol. The fraction of sp³-hybridized carbons (Fsp3) is 0.632. The van der Waals surface area contributed by atoms with Gasteiger partial charge in [-0.15, -0.1) is 0 Å². The summed E-state index contributed by atoms with van der Waals surface area (Å²) in [5.74, 6) is 0.557. The van der Waals surface area contributed by atoms with Crippen LogP contribution in [-0.2, 0) is 19.6 Å². The highest BCUT2D eigenvalue weighted by molar-refractivity contribution is 7.89. The molecule has 2 aliphatic rings. The third-order valence-corrected chi connectivity index (χ3v) is 7.01. The summed E-state index contributed by atoms with van der Waals surface area (Å²) >= 11 is 0. The number of piperazine rings is 1. The van der Waals surface area contributed by atoms with Crippen molar-refractivity contribution < 1.29 is 27.4 Å². The average Bonchev–Trinajstić information content (AvgIpc) is 3.26. The van der Waals surface area contributed by atoms with Crippen LogP contribution in [0.5, 0.6) is 11.5 Å². The number of methoxy groups -OCH3 is 2. The zero-order valence-electron chi connectivity index (χ0n) is 16.9. The quantitative estimate of drug-likeness (QED) is 0.637. The molecule has 0 saturated carbocycles. The molecule has 1 amide bonds. The van der Waals surface area contributed by atoms with E-state index in [4.69, 9.17) is 14.2 Å². The second kappa shape index (κ2) is 9.75. The Morgan fingerprint density at radius 1 is 1.24 bits per heavy atom. The molecule has 29 heavy (non-hydrogen) atoms. The van der Waals surface area contributed by atoms with Crippen LogP contribution in [0.15, 0.2) is 23.1 Å². The summed E-state index contributed by atoms with van der Waals surface area (Å²) in [7, 11) is -0.986. The van der Waals surface area contributed by atoms with E-state index in [0.29, 0.717) is 44.3 Å². The zero-order chi connectivity index (χ0) is 20.9. The molecular weight excluding hydrogens is 398 g/mol. The van der Waals surface area contributed by atoms with Gasteiger partial charge in [0.1, 0.15) is 0 Å². The largest absolute Gasteiger partial charge is 0.493 e. The Balaban J connectivity index is 1.85. The lowest BCUT2D eigenvalue weighted by molar-refractivity contribution is -0.132. The Hall–Kier alpha value is -1.88. The Bertz CT molecular complexity index is 804. The molecule has 2 saturated heterocycles. The van der Waals surface area contributed by atoms with Crippen molar-refractivity contribution in [3.63, 3.8) is 0 Å². The highest BCUT2D eigenvalue weighted by atomic mass is 32.2. The predicted molar refractivity (Wildman–Crippen MR) is 107 cm³/mol. The molecule has 9 nitrogen and oxygen atoms in total. The fourth-order valence-corrected chi connectivity index (χ4v) is 4.99. The minimum Gasteiger partial charge on any atom is -0.493 e. The summed E-state index contributed by atoms with van der Waals surface area (Å²) in [5, 5.41) is 3.19. The molecule has 0 radical (unpaired) electrons. The molecule has 3 rings (SSSR count). The van der Waals surface area contributed by atoms with Gasteiger partial charge >= 0.3 is 0 Å². The van der Waals surface area contributed by atoms with Crippen molar-refractivity contribution in [1.82, 2.24) is 14.5 Å². The smallest absolute Gasteiger partial charge is 0.243 e. The number of carbonyl (C=O) groups is 1. The van der Waals surface area contributed by atoms with E-state index in [1.807, 2.05) is 0 Å². The van der Waals surface area contributed by atoms with E-state index in [1.165, 1.54) is 30.7 Å². The van der Waals surface area contributed by atoms with Crippen LogP contribution in [0.4, 0.5) is 0 Å². The maximum Gasteiger partial charge on any atom is 0.243 e. The van der Waals surface area contributed by atoms with Gasteiger partial charge < -0.3 is 24.4 Å². The summed E-state index contributed by atoms with van der Waals surface area (Å²) in [6.45, 7) is 3.11. The summed E-state index contributed by atoms with van der Waals surface area (Å²) in [6, 6.07) is 4.44. The lowest BCUT2D eigenvalue weighted by Gasteiger charge is -2.31. The van der Waals surface area contributed by atoms with E-state index in [9.17, 15) is 13.2 Å². The van der Waals surface area contributed by atoms with Gasteiger partial charge in [-0.05, 0) is 25.0 Å². The molecule has 0 aliphatic carbocycles. The van der Waals surface area contributed by atoms with Crippen LogP contribution >= 0.6 is 0 Å². The second-order valence-corrected chi connectivity index (χ2v) is 9.02. The van der Waals surface area contributed by atoms with Gasteiger partial charge in [0, 0.05) is 45.4 Å². The standard InChI is InChI=1S/C19H29N3O6S/c1-26-17-6-5-16(12-18(17)27-2)29(24,25)22(13-15-4-3-11-28-15)14-19(23)21-9-7-20-8-10-21/h5-6,12,15,20H,3-4,7-11,13-14H2,1-2H3/t15-/m0/s1. The van der Waals surface area contributed by atoms with Crippen LogP contribution in [0.25, 0.3) is 0 Å². The maximum atomic E-state index is 13.4. The Morgan fingerprint density at radius 2 is 1.97 bits per heavy atom. The van der Waals surface area contributed by atoms with E-state index < -0.39 is 10.0 Å². The molecule has 2 fully saturated rings. The Labute approximate surface area is 171 Å². The summed E-state index contributed by atoms with van der Waals surface area (Å²) < 4.78 is 44.1. The number of nitrogens with one attached hydrogen (secondary N) is 1. The third kappa shape index (κ3) is 5.19. The third-order valence-electron chi connectivity index (χ3n) is 5.21. The first kappa shape index (κ1) is 21.8. The van der Waals surface area contributed by atoms with Gasteiger partial charge in [0.15, 0.2) is 11.5 Å². The number of hydrogen-bond acceptors (Lipinski definition) is 7. The second-order valence-electron chi connectivity index (χ2n) is 7.08. The van der Waals surface area contributed by atoms with E-state index in [1.54, 1.807) is 11.0 Å². The van der Waals surface area contributed by atoms with E-state index in [0.717, 1.165) is 12.8 Å². The molecule has 0 spiro atoms. The fourth-order valence-electron chi connectivity index (χ4n) is 3.55. The van der Waals surface area contributed by atoms with E-state index in [-0.39, 0.29) is 30.0 Å². The summed E-state index contributed by atoms with van der Waals surface area (Å²) in [5.41, 5.74) is 0. The molecule has 2 heterocycles. The lowest BCUT2D eigenvalue weighted by atomic mass is 10.2. The van der Waals surface area contributed by atoms with Crippen molar-refractivity contribution in [3.05, 3.63) is 18.2 Å². The maximum absolute atomic E-state index is 13.4. The minimum absolute atomic E-state index is 0.0567. The summed E-state index contributed by atoms with van der Waals surface area (Å²) in [6.07, 6.45) is 1.46. The minimum atomic E-state index is -3.93. The molecule has 0 bridgehead atoms. The van der Waals surface area contributed by atoms with Crippen molar-refractivity contribution in [2.75, 3.05) is 60.1 Å². The van der Waals surface area contributed by atoms with Crippen molar-refractivity contribution in [1.29, 1.82) is 0 Å². The topological polar surface area (TPSA) is 97.4 Å². The molecule has 2 aliphatic heterocycles. The first-order valence-electron chi connectivity index (χ1n) is 9.78. The van der Waals surface area contributed by atoms with Gasteiger partial charge in [0.2, 0.25) is 15.9 Å². The molecule has 0 aromatic heterocycles. The van der Waals surface area contributed by atoms with E-state index >= 15 is 0 Å². The van der Waals surface area contributed by atoms with Crippen molar-refractivity contribution in [2.45, 2.75) is 23.8 Å². The van der Waals surface area contributed by atoms with Crippen molar-refractivity contribution in [3.8, 4) is 11.5 Å². The molecule has 1 aromatic carbocycles. The van der Waals surface area contributed by atoms with Crippen LogP contribution in [0.1, 0.15) is 12.8 Å². The van der Waals surface area contributed by atoms with Crippen molar-refractivity contribution >= 4 is 15.9 Å². The normalized spacial score (nSPS) is 20.1. The number of benzene rings is 1. The molecule has 1 aromatic rings. The number of carbonyl (C=O) groups excluding carboxylic acids is 1. The SMILES string of the molecule is COc1ccc(S(=O)(=O)N(CC(=O)N2CCNCC2)C[C@@H]2CCCO2)cc1OC. The average molecular weight is 428 g/mol. The molecule has 1 N–H and O–H groups in total. The van der Waals surface area contributed by atoms with Crippen LogP contribution < -0.4 is 14.8 Å². The van der Waals surface area contributed by atoms with Gasteiger partial charge in [-0.25, -0.2) is 8.42 Å². The first-order chi connectivity index (χ1) is 14.0. The number of rotatable bonds is 8.